The van der Waals surface area contributed by atoms with Crippen LogP contribution in [0.2, 0.25) is 0 Å². The summed E-state index contributed by atoms with van der Waals surface area (Å²) >= 11 is 1.44. The van der Waals surface area contributed by atoms with Gasteiger partial charge in [0.2, 0.25) is 5.43 Å². The Bertz CT molecular complexity index is 1480. The lowest BCUT2D eigenvalue weighted by atomic mass is 9.74. The quantitative estimate of drug-likeness (QED) is 0.496. The fraction of sp³-hybridized carbons (Fsp3) is 0.308. The Morgan fingerprint density at radius 2 is 1.94 bits per heavy atom. The first-order chi connectivity index (χ1) is 17.3. The zero-order valence-corrected chi connectivity index (χ0v) is 20.2. The summed E-state index contributed by atoms with van der Waals surface area (Å²) in [6, 6.07) is 4.58. The van der Waals surface area contributed by atoms with Crippen LogP contribution in [0.1, 0.15) is 51.8 Å². The molecule has 1 N–H and O–H groups in total. The van der Waals surface area contributed by atoms with E-state index in [1.165, 1.54) is 28.3 Å². The maximum absolute atomic E-state index is 14.7. The molecular weight excluding hydrogens is 488 g/mol. The number of thiophene rings is 1. The Balaban J connectivity index is 1.68. The number of carbonyl (C=O) groups is 1. The molecule has 1 atom stereocenters. The van der Waals surface area contributed by atoms with E-state index in [0.717, 1.165) is 29.0 Å². The number of nitrogens with zero attached hydrogens (tertiary/aromatic N) is 3. The molecule has 3 aliphatic rings. The average molecular weight is 512 g/mol. The van der Waals surface area contributed by atoms with E-state index in [9.17, 15) is 23.5 Å². The molecule has 4 heterocycles. The highest BCUT2D eigenvalue weighted by Crippen LogP contribution is 2.45. The molecule has 1 spiro atoms. The van der Waals surface area contributed by atoms with Crippen LogP contribution in [0.4, 0.5) is 8.78 Å². The second-order valence-electron chi connectivity index (χ2n) is 9.38. The molecule has 1 aromatic carbocycles. The summed E-state index contributed by atoms with van der Waals surface area (Å²) in [5, 5.41) is 14.5. The molecule has 1 fully saturated rings. The van der Waals surface area contributed by atoms with Gasteiger partial charge in [-0.2, -0.15) is 0 Å². The molecule has 10 heteroatoms. The van der Waals surface area contributed by atoms with Crippen molar-refractivity contribution in [2.24, 2.45) is 0 Å². The van der Waals surface area contributed by atoms with Crippen molar-refractivity contribution in [3.8, 4) is 11.5 Å². The van der Waals surface area contributed by atoms with Gasteiger partial charge in [-0.25, -0.2) is 8.78 Å². The maximum atomic E-state index is 14.7. The Hall–Kier alpha value is -3.66. The number of rotatable bonds is 1. The Morgan fingerprint density at radius 1 is 1.17 bits per heavy atom. The minimum atomic E-state index is -1.03. The third-order valence-corrected chi connectivity index (χ3v) is 8.45. The predicted molar refractivity (Wildman–Crippen MR) is 130 cm³/mol. The van der Waals surface area contributed by atoms with Crippen LogP contribution in [0.5, 0.6) is 11.5 Å². The predicted octanol–water partition coefficient (Wildman–Crippen LogP) is 4.21. The molecule has 1 amide bonds. The van der Waals surface area contributed by atoms with E-state index < -0.39 is 40.3 Å². The molecule has 3 aromatic rings. The Labute approximate surface area is 209 Å². The molecule has 1 unspecified atom stereocenters. The first kappa shape index (κ1) is 22.8. The molecule has 6 rings (SSSR count). The monoisotopic (exact) mass is 511 g/mol. The summed E-state index contributed by atoms with van der Waals surface area (Å²) in [6.45, 7) is 2.12. The molecule has 2 aromatic heterocycles. The topological polar surface area (TPSA) is 75.0 Å². The summed E-state index contributed by atoms with van der Waals surface area (Å²) in [5.41, 5.74) is -0.153. The van der Waals surface area contributed by atoms with E-state index in [4.69, 9.17) is 4.74 Å². The summed E-state index contributed by atoms with van der Waals surface area (Å²) in [4.78, 5) is 28.7. The van der Waals surface area contributed by atoms with Crippen molar-refractivity contribution in [3.63, 3.8) is 0 Å². The molecule has 2 aliphatic heterocycles. The molecule has 7 nitrogen and oxygen atoms in total. The zero-order valence-electron chi connectivity index (χ0n) is 19.4. The third-order valence-electron chi connectivity index (χ3n) is 7.38. The van der Waals surface area contributed by atoms with Gasteiger partial charge in [0.1, 0.15) is 25.1 Å². The second-order valence-corrected chi connectivity index (χ2v) is 10.3. The van der Waals surface area contributed by atoms with Gasteiger partial charge in [0.25, 0.3) is 5.91 Å². The van der Waals surface area contributed by atoms with Crippen LogP contribution < -0.4 is 15.2 Å². The molecule has 1 saturated carbocycles. The number of benzene rings is 1. The van der Waals surface area contributed by atoms with Crippen LogP contribution in [0.3, 0.4) is 0 Å². The van der Waals surface area contributed by atoms with Crippen LogP contribution >= 0.6 is 11.3 Å². The number of carbonyl (C=O) groups excluding carboxylic acids is 1. The first-order valence-corrected chi connectivity index (χ1v) is 12.6. The lowest BCUT2D eigenvalue weighted by molar-refractivity contribution is 0.0256. The number of aromatic nitrogens is 1. The number of pyridine rings is 1. The summed E-state index contributed by atoms with van der Waals surface area (Å²) in [5.74, 6) is -2.98. The number of amides is 1. The first-order valence-electron chi connectivity index (χ1n) is 11.7. The van der Waals surface area contributed by atoms with Crippen molar-refractivity contribution in [3.05, 3.63) is 91.6 Å². The van der Waals surface area contributed by atoms with Gasteiger partial charge in [0.05, 0.1) is 5.54 Å². The molecule has 36 heavy (non-hydrogen) atoms. The maximum Gasteiger partial charge on any atom is 0.278 e. The van der Waals surface area contributed by atoms with Gasteiger partial charge >= 0.3 is 0 Å². The van der Waals surface area contributed by atoms with Gasteiger partial charge < -0.3 is 14.7 Å². The Morgan fingerprint density at radius 3 is 2.64 bits per heavy atom. The summed E-state index contributed by atoms with van der Waals surface area (Å²) in [7, 11) is 0. The van der Waals surface area contributed by atoms with Gasteiger partial charge in [0.15, 0.2) is 23.1 Å². The fourth-order valence-corrected chi connectivity index (χ4v) is 6.39. The van der Waals surface area contributed by atoms with Crippen molar-refractivity contribution in [1.82, 2.24) is 9.58 Å². The molecule has 2 bridgehead atoms. The highest BCUT2D eigenvalue weighted by molar-refractivity contribution is 7.10. The van der Waals surface area contributed by atoms with Gasteiger partial charge in [0, 0.05) is 28.8 Å². The van der Waals surface area contributed by atoms with Gasteiger partial charge in [-0.1, -0.05) is 6.08 Å². The van der Waals surface area contributed by atoms with Crippen LogP contribution in [0.25, 0.3) is 0 Å². The van der Waals surface area contributed by atoms with Crippen LogP contribution in [-0.2, 0) is 0 Å². The number of aromatic hydroxyl groups is 1. The number of halogens is 2. The standard InChI is InChI=1S/C26H23F2N3O4S/c1-15-5-11-36-24(15)21-16-12-17(27)18(28)13-20(16)35-10-3-8-26(6-2-7-26)29-14-31(21)30-9-4-19(32)23(33)22(30)25(29)34/h3-5,8-9,11-13,21,33H,2,6-7,10,14H2,1H3/b8-3+. The number of hydrogen-bond acceptors (Lipinski definition) is 6. The third kappa shape index (κ3) is 3.27. The normalized spacial score (nSPS) is 21.2. The molecule has 1 aliphatic carbocycles. The summed E-state index contributed by atoms with van der Waals surface area (Å²) < 4.78 is 36.5. The molecule has 186 valence electrons. The molecular formula is C26H23F2N3O4S. The highest BCUT2D eigenvalue weighted by Gasteiger charge is 2.49. The number of hydrogen-bond donors (Lipinski definition) is 1. The number of aryl methyl sites for hydroxylation is 1. The van der Waals surface area contributed by atoms with E-state index in [0.29, 0.717) is 18.4 Å². The van der Waals surface area contributed by atoms with E-state index in [2.05, 4.69) is 0 Å². The fourth-order valence-electron chi connectivity index (χ4n) is 5.34. The largest absolute Gasteiger partial charge is 0.502 e. The minimum Gasteiger partial charge on any atom is -0.502 e. The van der Waals surface area contributed by atoms with E-state index in [-0.39, 0.29) is 24.7 Å². The Kier molecular flexibility index (Phi) is 5.18. The van der Waals surface area contributed by atoms with Crippen LogP contribution in [0.15, 0.2) is 52.8 Å². The smallest absolute Gasteiger partial charge is 0.278 e. The van der Waals surface area contributed by atoms with Crippen molar-refractivity contribution in [1.29, 1.82) is 0 Å². The molecule has 0 saturated heterocycles. The van der Waals surface area contributed by atoms with Gasteiger partial charge in [-0.05, 0) is 55.3 Å². The molecule has 0 radical (unpaired) electrons. The minimum absolute atomic E-state index is 0.0962. The van der Waals surface area contributed by atoms with Gasteiger partial charge in [-0.15, -0.1) is 11.3 Å². The SMILES string of the molecule is Cc1ccsc1C1c2cc(F)c(F)cc2OC/C=C/C2(CCC2)N2CN1n1ccc(=O)c(O)c1C2=O. The summed E-state index contributed by atoms with van der Waals surface area (Å²) in [6.07, 6.45) is 7.46. The average Bonchev–Trinajstić information content (AvgIpc) is 3.24. The second kappa shape index (κ2) is 8.19. The van der Waals surface area contributed by atoms with E-state index >= 15 is 0 Å². The van der Waals surface area contributed by atoms with Crippen molar-refractivity contribution in [2.45, 2.75) is 37.8 Å². The van der Waals surface area contributed by atoms with Crippen molar-refractivity contribution < 1.29 is 23.4 Å². The zero-order chi connectivity index (χ0) is 25.2. The van der Waals surface area contributed by atoms with E-state index in [1.54, 1.807) is 16.0 Å². The lowest BCUT2D eigenvalue weighted by Crippen LogP contribution is -2.64. The van der Waals surface area contributed by atoms with Crippen LogP contribution in [-0.4, -0.2) is 39.4 Å². The number of fused-ring (bicyclic) bond motifs is 6. The van der Waals surface area contributed by atoms with Crippen molar-refractivity contribution >= 4 is 17.2 Å². The highest BCUT2D eigenvalue weighted by atomic mass is 32.1. The van der Waals surface area contributed by atoms with Crippen LogP contribution in [0, 0.1) is 18.6 Å². The van der Waals surface area contributed by atoms with Crippen molar-refractivity contribution in [2.75, 3.05) is 18.3 Å². The number of ether oxygens (including phenoxy) is 1. The van der Waals surface area contributed by atoms with E-state index in [1.807, 2.05) is 24.4 Å². The van der Waals surface area contributed by atoms with Gasteiger partial charge in [-0.3, -0.25) is 19.3 Å². The lowest BCUT2D eigenvalue weighted by Gasteiger charge is -2.53.